The second kappa shape index (κ2) is 7.93. The molecule has 2 heterocycles. The van der Waals surface area contributed by atoms with Gasteiger partial charge in [-0.1, -0.05) is 19.9 Å². The molecule has 114 valence electrons. The Kier molecular flexibility index (Phi) is 5.93. The maximum atomic E-state index is 4.70. The molecule has 2 aromatic heterocycles. The fraction of sp³-hybridized carbons (Fsp3) is 0.529. The minimum Gasteiger partial charge on any atom is -0.308 e. The summed E-state index contributed by atoms with van der Waals surface area (Å²) in [6.07, 6.45) is 7.02. The van der Waals surface area contributed by atoms with Gasteiger partial charge in [-0.2, -0.15) is 5.10 Å². The summed E-state index contributed by atoms with van der Waals surface area (Å²) >= 11 is 0. The fourth-order valence-electron chi connectivity index (χ4n) is 2.31. The van der Waals surface area contributed by atoms with E-state index < -0.39 is 0 Å². The van der Waals surface area contributed by atoms with Crippen LogP contribution in [0.15, 0.2) is 36.7 Å². The average molecular weight is 286 g/mol. The number of nitrogens with zero attached hydrogens (tertiary/aromatic N) is 3. The Balaban J connectivity index is 2.09. The maximum Gasteiger partial charge on any atom is 0.0644 e. The smallest absolute Gasteiger partial charge is 0.0644 e. The third-order valence-corrected chi connectivity index (χ3v) is 3.80. The molecule has 0 bridgehead atoms. The molecule has 2 aromatic rings. The van der Waals surface area contributed by atoms with Crippen LogP contribution >= 0.6 is 0 Å². The predicted octanol–water partition coefficient (Wildman–Crippen LogP) is 3.53. The lowest BCUT2D eigenvalue weighted by atomic mass is 10.1. The third-order valence-electron chi connectivity index (χ3n) is 3.80. The zero-order valence-electron chi connectivity index (χ0n) is 13.3. The molecule has 2 unspecified atom stereocenters. The summed E-state index contributed by atoms with van der Waals surface area (Å²) in [5.41, 5.74) is 2.21. The van der Waals surface area contributed by atoms with Gasteiger partial charge in [-0.05, 0) is 44.5 Å². The first-order valence-corrected chi connectivity index (χ1v) is 7.93. The van der Waals surface area contributed by atoms with Gasteiger partial charge in [0, 0.05) is 24.9 Å². The van der Waals surface area contributed by atoms with Gasteiger partial charge in [0.15, 0.2) is 0 Å². The zero-order valence-corrected chi connectivity index (χ0v) is 13.3. The molecule has 0 saturated carbocycles. The number of nitrogens with one attached hydrogen (secondary N) is 1. The van der Waals surface area contributed by atoms with Gasteiger partial charge in [-0.3, -0.25) is 9.67 Å². The molecule has 1 N–H and O–H groups in total. The SMILES string of the molecule is CCCNC(Cc1ccn(C(C)CC)n1)c1ccccn1. The Bertz CT molecular complexity index is 521. The molecule has 0 aliphatic heterocycles. The van der Waals surface area contributed by atoms with E-state index in [0.717, 1.165) is 37.2 Å². The van der Waals surface area contributed by atoms with Crippen molar-refractivity contribution < 1.29 is 0 Å². The Morgan fingerprint density at radius 2 is 2.10 bits per heavy atom. The summed E-state index contributed by atoms with van der Waals surface area (Å²) in [4.78, 5) is 4.49. The third kappa shape index (κ3) is 4.39. The molecule has 2 rings (SSSR count). The summed E-state index contributed by atoms with van der Waals surface area (Å²) in [5.74, 6) is 0. The normalized spacial score (nSPS) is 14.0. The van der Waals surface area contributed by atoms with Crippen molar-refractivity contribution in [2.75, 3.05) is 6.54 Å². The molecule has 2 atom stereocenters. The van der Waals surface area contributed by atoms with Gasteiger partial charge < -0.3 is 5.32 Å². The van der Waals surface area contributed by atoms with Crippen LogP contribution in [0.25, 0.3) is 0 Å². The van der Waals surface area contributed by atoms with Crippen molar-refractivity contribution in [2.45, 2.75) is 52.1 Å². The highest BCUT2D eigenvalue weighted by Crippen LogP contribution is 2.17. The van der Waals surface area contributed by atoms with Crippen LogP contribution in [0.5, 0.6) is 0 Å². The van der Waals surface area contributed by atoms with E-state index >= 15 is 0 Å². The quantitative estimate of drug-likeness (QED) is 0.807. The second-order valence-corrected chi connectivity index (χ2v) is 5.51. The first-order chi connectivity index (χ1) is 10.2. The van der Waals surface area contributed by atoms with E-state index in [9.17, 15) is 0 Å². The Morgan fingerprint density at radius 3 is 2.76 bits per heavy atom. The van der Waals surface area contributed by atoms with E-state index in [4.69, 9.17) is 5.10 Å². The van der Waals surface area contributed by atoms with Crippen molar-refractivity contribution >= 4 is 0 Å². The van der Waals surface area contributed by atoms with Gasteiger partial charge in [0.05, 0.1) is 17.4 Å². The Hall–Kier alpha value is -1.68. The van der Waals surface area contributed by atoms with Crippen LogP contribution in [0.2, 0.25) is 0 Å². The molecule has 0 fully saturated rings. The first-order valence-electron chi connectivity index (χ1n) is 7.93. The summed E-state index contributed by atoms with van der Waals surface area (Å²) in [5, 5.41) is 8.28. The molecule has 0 saturated heterocycles. The molecule has 0 aromatic carbocycles. The van der Waals surface area contributed by atoms with Gasteiger partial charge in [0.25, 0.3) is 0 Å². The van der Waals surface area contributed by atoms with Gasteiger partial charge in [-0.25, -0.2) is 0 Å². The number of pyridine rings is 1. The van der Waals surface area contributed by atoms with Crippen molar-refractivity contribution in [1.29, 1.82) is 0 Å². The molecule has 21 heavy (non-hydrogen) atoms. The highest BCUT2D eigenvalue weighted by atomic mass is 15.3. The van der Waals surface area contributed by atoms with Crippen molar-refractivity contribution in [3.8, 4) is 0 Å². The topological polar surface area (TPSA) is 42.7 Å². The van der Waals surface area contributed by atoms with Crippen LogP contribution in [0, 0.1) is 0 Å². The van der Waals surface area contributed by atoms with Gasteiger partial charge in [0.2, 0.25) is 0 Å². The van der Waals surface area contributed by atoms with E-state index in [1.807, 2.05) is 18.3 Å². The van der Waals surface area contributed by atoms with Crippen LogP contribution in [0.3, 0.4) is 0 Å². The maximum absolute atomic E-state index is 4.70. The largest absolute Gasteiger partial charge is 0.308 e. The van der Waals surface area contributed by atoms with Crippen molar-refractivity contribution in [1.82, 2.24) is 20.1 Å². The number of aromatic nitrogens is 3. The van der Waals surface area contributed by atoms with E-state index in [2.05, 4.69) is 54.1 Å². The van der Waals surface area contributed by atoms with Crippen molar-refractivity contribution in [2.24, 2.45) is 0 Å². The summed E-state index contributed by atoms with van der Waals surface area (Å²) in [7, 11) is 0. The standard InChI is InChI=1S/C17H26N4/c1-4-10-18-17(16-8-6-7-11-19-16)13-15-9-12-21(20-15)14(3)5-2/h6-9,11-12,14,17-18H,4-5,10,13H2,1-3H3. The van der Waals surface area contributed by atoms with Gasteiger partial charge in [-0.15, -0.1) is 0 Å². The van der Waals surface area contributed by atoms with E-state index in [1.165, 1.54) is 0 Å². The highest BCUT2D eigenvalue weighted by Gasteiger charge is 2.15. The number of hydrogen-bond acceptors (Lipinski definition) is 3. The molecular formula is C17H26N4. The summed E-state index contributed by atoms with van der Waals surface area (Å²) in [6.45, 7) is 7.56. The molecule has 0 spiro atoms. The van der Waals surface area contributed by atoms with Crippen molar-refractivity contribution in [3.63, 3.8) is 0 Å². The lowest BCUT2D eigenvalue weighted by Gasteiger charge is -2.17. The minimum atomic E-state index is 0.228. The molecule has 0 amide bonds. The molecule has 0 aliphatic rings. The summed E-state index contributed by atoms with van der Waals surface area (Å²) in [6, 6.07) is 8.88. The lowest BCUT2D eigenvalue weighted by Crippen LogP contribution is -2.25. The predicted molar refractivity (Wildman–Crippen MR) is 86.2 cm³/mol. The van der Waals surface area contributed by atoms with E-state index in [1.54, 1.807) is 0 Å². The van der Waals surface area contributed by atoms with Crippen LogP contribution in [0.1, 0.15) is 57.1 Å². The average Bonchev–Trinajstić information content (AvgIpc) is 3.00. The molecule has 0 aliphatic carbocycles. The van der Waals surface area contributed by atoms with Gasteiger partial charge >= 0.3 is 0 Å². The van der Waals surface area contributed by atoms with Crippen molar-refractivity contribution in [3.05, 3.63) is 48.0 Å². The van der Waals surface area contributed by atoms with Crippen LogP contribution in [0.4, 0.5) is 0 Å². The molecule has 4 heteroatoms. The molecule has 4 nitrogen and oxygen atoms in total. The zero-order chi connectivity index (χ0) is 15.1. The number of rotatable bonds is 8. The monoisotopic (exact) mass is 286 g/mol. The minimum absolute atomic E-state index is 0.228. The van der Waals surface area contributed by atoms with E-state index in [0.29, 0.717) is 6.04 Å². The Morgan fingerprint density at radius 1 is 1.24 bits per heavy atom. The van der Waals surface area contributed by atoms with Crippen LogP contribution in [-0.4, -0.2) is 21.3 Å². The summed E-state index contributed by atoms with van der Waals surface area (Å²) < 4.78 is 2.06. The second-order valence-electron chi connectivity index (χ2n) is 5.51. The van der Waals surface area contributed by atoms with E-state index in [-0.39, 0.29) is 6.04 Å². The molecule has 0 radical (unpaired) electrons. The highest BCUT2D eigenvalue weighted by molar-refractivity contribution is 5.13. The lowest BCUT2D eigenvalue weighted by molar-refractivity contribution is 0.463. The van der Waals surface area contributed by atoms with Crippen LogP contribution < -0.4 is 5.32 Å². The molecular weight excluding hydrogens is 260 g/mol. The van der Waals surface area contributed by atoms with Gasteiger partial charge in [0.1, 0.15) is 0 Å². The number of hydrogen-bond donors (Lipinski definition) is 1. The fourth-order valence-corrected chi connectivity index (χ4v) is 2.31. The van der Waals surface area contributed by atoms with Crippen LogP contribution in [-0.2, 0) is 6.42 Å². The Labute approximate surface area is 127 Å². The first kappa shape index (κ1) is 15.7.